The van der Waals surface area contributed by atoms with Gasteiger partial charge in [0.05, 0.1) is 41.1 Å². The van der Waals surface area contributed by atoms with Crippen LogP contribution in [0.1, 0.15) is 46.8 Å². The number of anilines is 1. The molecule has 0 unspecified atom stereocenters. The number of hydrogen-bond acceptors (Lipinski definition) is 6. The minimum Gasteiger partial charge on any atom is -0.436 e. The zero-order chi connectivity index (χ0) is 29.0. The monoisotopic (exact) mass is 590 g/mol. The van der Waals surface area contributed by atoms with E-state index in [2.05, 4.69) is 24.8 Å². The maximum absolute atomic E-state index is 14.0. The summed E-state index contributed by atoms with van der Waals surface area (Å²) in [6.45, 7) is -0.713. The molecule has 3 N–H and O–H groups in total. The van der Waals surface area contributed by atoms with E-state index in [9.17, 15) is 22.0 Å². The number of aromatic amines is 2. The van der Waals surface area contributed by atoms with Crippen LogP contribution in [0.3, 0.4) is 0 Å². The number of hydrogen-bond donors (Lipinski definition) is 3. The molecule has 13 heteroatoms. The van der Waals surface area contributed by atoms with E-state index < -0.39 is 22.5 Å². The van der Waals surface area contributed by atoms with Gasteiger partial charge in [-0.3, -0.25) is 19.0 Å². The highest BCUT2D eigenvalue weighted by Crippen LogP contribution is 2.45. The number of alkyl halides is 1. The van der Waals surface area contributed by atoms with Gasteiger partial charge in [-0.25, -0.2) is 27.3 Å². The summed E-state index contributed by atoms with van der Waals surface area (Å²) in [6, 6.07) is 12.9. The van der Waals surface area contributed by atoms with Crippen LogP contribution in [-0.4, -0.2) is 51.2 Å². The Morgan fingerprint density at radius 2 is 2.00 bits per heavy atom. The minimum atomic E-state index is -3.72. The average molecular weight is 591 g/mol. The van der Waals surface area contributed by atoms with Crippen molar-refractivity contribution in [1.82, 2.24) is 24.6 Å². The molecule has 0 atom stereocenters. The number of fused-ring (bicyclic) bond motifs is 4. The molecule has 0 bridgehead atoms. The van der Waals surface area contributed by atoms with Gasteiger partial charge < -0.3 is 9.72 Å². The first-order valence-electron chi connectivity index (χ1n) is 13.4. The number of H-pyrrole nitrogens is 2. The van der Waals surface area contributed by atoms with Crippen LogP contribution in [0.2, 0.25) is 0 Å². The fraction of sp³-hybridized carbons (Fsp3) is 0.207. The lowest BCUT2D eigenvalue weighted by atomic mass is 10.1. The Morgan fingerprint density at radius 3 is 2.79 bits per heavy atom. The zero-order valence-corrected chi connectivity index (χ0v) is 22.8. The number of nitrogens with zero attached hydrogens (tertiary/aromatic N) is 3. The van der Waals surface area contributed by atoms with Gasteiger partial charge >= 0.3 is 0 Å². The molecule has 4 aromatic heterocycles. The Morgan fingerprint density at radius 1 is 1.17 bits per heavy atom. The summed E-state index contributed by atoms with van der Waals surface area (Å²) >= 11 is 0. The first-order valence-corrected chi connectivity index (χ1v) is 15.0. The standard InChI is InChI=1S/C29H24F2N6O4S/c30-8-3-9-42(39,40)36-22-12-21-17(10-18(22)16-6-7-16)11-24(34-21)28(38)19-14-33-37-25-15-32-27(13-23(25)35-29(19)37)41-26-5-2-1-4-20(26)31/h1-2,4-5,10-16,33-34,36H,3,6-9H2. The maximum Gasteiger partial charge on any atom is 0.232 e. The van der Waals surface area contributed by atoms with Crippen LogP contribution in [0.25, 0.3) is 27.6 Å². The van der Waals surface area contributed by atoms with Crippen molar-refractivity contribution in [2.75, 3.05) is 17.1 Å². The highest BCUT2D eigenvalue weighted by Gasteiger charge is 2.29. The predicted molar refractivity (Wildman–Crippen MR) is 153 cm³/mol. The fourth-order valence-electron chi connectivity index (χ4n) is 5.08. The molecular weight excluding hydrogens is 566 g/mol. The Kier molecular flexibility index (Phi) is 6.19. The zero-order valence-electron chi connectivity index (χ0n) is 22.0. The van der Waals surface area contributed by atoms with Gasteiger partial charge in [0.1, 0.15) is 5.52 Å². The van der Waals surface area contributed by atoms with Crippen LogP contribution in [0, 0.1) is 5.82 Å². The molecule has 0 aliphatic heterocycles. The van der Waals surface area contributed by atoms with Gasteiger partial charge in [-0.1, -0.05) is 12.1 Å². The van der Waals surface area contributed by atoms with Crippen molar-refractivity contribution in [3.05, 3.63) is 83.6 Å². The molecule has 10 nitrogen and oxygen atoms in total. The fourth-order valence-corrected chi connectivity index (χ4v) is 6.18. The molecule has 0 amide bonds. The van der Waals surface area contributed by atoms with E-state index >= 15 is 0 Å². The molecule has 7 rings (SSSR count). The Labute approximate surface area is 237 Å². The number of ether oxygens (including phenoxy) is 1. The molecule has 1 fully saturated rings. The number of imidazole rings is 1. The minimum absolute atomic E-state index is 0.0318. The number of pyridine rings is 1. The van der Waals surface area contributed by atoms with Gasteiger partial charge in [0, 0.05) is 23.2 Å². The molecule has 1 aliphatic rings. The largest absolute Gasteiger partial charge is 0.436 e. The SMILES string of the molecule is O=C(c1cc2cc(C3CC3)c(NS(=O)(=O)CCCF)cc2[nH]1)c1c[nH]n2c1nc1cc(Oc3ccccc3F)ncc12. The molecule has 1 aliphatic carbocycles. The summed E-state index contributed by atoms with van der Waals surface area (Å²) in [5.74, 6) is -0.738. The van der Waals surface area contributed by atoms with E-state index in [-0.39, 0.29) is 35.5 Å². The van der Waals surface area contributed by atoms with Crippen LogP contribution in [0.4, 0.5) is 14.5 Å². The quantitative estimate of drug-likeness (QED) is 0.172. The highest BCUT2D eigenvalue weighted by atomic mass is 32.2. The van der Waals surface area contributed by atoms with Crippen molar-refractivity contribution in [3.8, 4) is 11.6 Å². The van der Waals surface area contributed by atoms with E-state index in [4.69, 9.17) is 4.74 Å². The van der Waals surface area contributed by atoms with E-state index in [1.807, 2.05) is 6.07 Å². The lowest BCUT2D eigenvalue weighted by Gasteiger charge is -2.12. The second-order valence-corrected chi connectivity index (χ2v) is 12.1. The summed E-state index contributed by atoms with van der Waals surface area (Å²) in [5, 5.41) is 3.80. The number of sulfonamides is 1. The number of benzene rings is 2. The number of aromatic nitrogens is 5. The normalized spacial score (nSPS) is 13.8. The summed E-state index contributed by atoms with van der Waals surface area (Å²) in [7, 11) is -3.72. The molecular formula is C29H24F2N6O4S. The summed E-state index contributed by atoms with van der Waals surface area (Å²) in [6.07, 6.45) is 4.88. The van der Waals surface area contributed by atoms with Crippen molar-refractivity contribution < 1.29 is 26.7 Å². The smallest absolute Gasteiger partial charge is 0.232 e. The molecule has 214 valence electrons. The summed E-state index contributed by atoms with van der Waals surface area (Å²) in [5.41, 5.74) is 3.96. The van der Waals surface area contributed by atoms with Crippen LogP contribution in [-0.2, 0) is 10.0 Å². The van der Waals surface area contributed by atoms with Gasteiger partial charge in [0.25, 0.3) is 0 Å². The number of carbonyl (C=O) groups excluding carboxylic acids is 1. The first kappa shape index (κ1) is 26.1. The molecule has 4 heterocycles. The molecule has 0 saturated heterocycles. The highest BCUT2D eigenvalue weighted by molar-refractivity contribution is 7.92. The van der Waals surface area contributed by atoms with Crippen molar-refractivity contribution in [2.24, 2.45) is 0 Å². The summed E-state index contributed by atoms with van der Waals surface area (Å²) in [4.78, 5) is 25.6. The molecule has 42 heavy (non-hydrogen) atoms. The van der Waals surface area contributed by atoms with E-state index in [0.717, 1.165) is 23.8 Å². The maximum atomic E-state index is 14.0. The van der Waals surface area contributed by atoms with Gasteiger partial charge in [-0.05, 0) is 61.1 Å². The second-order valence-electron chi connectivity index (χ2n) is 10.3. The van der Waals surface area contributed by atoms with Crippen molar-refractivity contribution in [3.63, 3.8) is 0 Å². The third-order valence-electron chi connectivity index (χ3n) is 7.26. The number of nitrogens with one attached hydrogen (secondary N) is 3. The van der Waals surface area contributed by atoms with Crippen LogP contribution >= 0.6 is 0 Å². The number of rotatable bonds is 10. The lowest BCUT2D eigenvalue weighted by molar-refractivity contribution is 0.103. The average Bonchev–Trinajstić information content (AvgIpc) is 3.44. The number of halogens is 2. The first-order chi connectivity index (χ1) is 20.3. The predicted octanol–water partition coefficient (Wildman–Crippen LogP) is 5.83. The Bertz CT molecular complexity index is 2110. The van der Waals surface area contributed by atoms with Crippen molar-refractivity contribution in [2.45, 2.75) is 25.2 Å². The molecule has 0 spiro atoms. The summed E-state index contributed by atoms with van der Waals surface area (Å²) < 4.78 is 61.4. The van der Waals surface area contributed by atoms with E-state index in [1.165, 1.54) is 18.3 Å². The number of ketones is 1. The van der Waals surface area contributed by atoms with E-state index in [0.29, 0.717) is 39.1 Å². The Balaban J connectivity index is 1.21. The second kappa shape index (κ2) is 9.94. The molecule has 0 radical (unpaired) electrons. The van der Waals surface area contributed by atoms with Crippen LogP contribution in [0.5, 0.6) is 11.6 Å². The molecule has 2 aromatic carbocycles. The third-order valence-corrected chi connectivity index (χ3v) is 8.61. The van der Waals surface area contributed by atoms with Crippen LogP contribution in [0.15, 0.2) is 60.9 Å². The number of carbonyl (C=O) groups is 1. The van der Waals surface area contributed by atoms with Crippen molar-refractivity contribution >= 4 is 49.1 Å². The van der Waals surface area contributed by atoms with Gasteiger partial charge in [0.15, 0.2) is 17.2 Å². The lowest BCUT2D eigenvalue weighted by Crippen LogP contribution is -2.18. The third kappa shape index (κ3) is 4.75. The van der Waals surface area contributed by atoms with Crippen molar-refractivity contribution in [1.29, 1.82) is 0 Å². The van der Waals surface area contributed by atoms with Gasteiger partial charge in [-0.2, -0.15) is 0 Å². The topological polar surface area (TPSA) is 134 Å². The molecule has 1 saturated carbocycles. The van der Waals surface area contributed by atoms with Crippen LogP contribution < -0.4 is 9.46 Å². The van der Waals surface area contributed by atoms with Gasteiger partial charge in [0.2, 0.25) is 21.7 Å². The molecule has 6 aromatic rings. The van der Waals surface area contributed by atoms with Gasteiger partial charge in [-0.15, -0.1) is 0 Å². The number of para-hydroxylation sites is 1. The Hall–Kier alpha value is -4.78. The van der Waals surface area contributed by atoms with E-state index in [1.54, 1.807) is 41.0 Å².